The van der Waals surface area contributed by atoms with Crippen LogP contribution in [-0.4, -0.2) is 17.8 Å². The lowest BCUT2D eigenvalue weighted by Crippen LogP contribution is -2.54. The summed E-state index contributed by atoms with van der Waals surface area (Å²) in [6, 6.07) is 9.96. The second-order valence-electron chi connectivity index (χ2n) is 8.71. The molecule has 0 saturated heterocycles. The van der Waals surface area contributed by atoms with Crippen molar-refractivity contribution in [2.45, 2.75) is 71.9 Å². The zero-order chi connectivity index (χ0) is 20.1. The maximum Gasteiger partial charge on any atom is 0.167 e. The molecule has 1 aromatic carbocycles. The Morgan fingerprint density at radius 2 is 1.82 bits per heavy atom. The highest BCUT2D eigenvalue weighted by atomic mass is 16.5. The molecule has 2 atom stereocenters. The van der Waals surface area contributed by atoms with E-state index in [0.717, 1.165) is 47.1 Å². The first-order valence-corrected chi connectivity index (χ1v) is 10.9. The zero-order valence-corrected chi connectivity index (χ0v) is 18.1. The van der Waals surface area contributed by atoms with Gasteiger partial charge < -0.3 is 14.6 Å². The Kier molecular flexibility index (Phi) is 6.82. The molecule has 1 aromatic heterocycles. The van der Waals surface area contributed by atoms with Gasteiger partial charge in [0.2, 0.25) is 0 Å². The highest BCUT2D eigenvalue weighted by Crippen LogP contribution is 2.47. The van der Waals surface area contributed by atoms with Gasteiger partial charge in [-0.15, -0.1) is 0 Å². The van der Waals surface area contributed by atoms with Crippen molar-refractivity contribution in [3.63, 3.8) is 0 Å². The highest BCUT2D eigenvalue weighted by Gasteiger charge is 2.43. The fraction of sp³-hybridized carbons (Fsp3) is 0.625. The maximum absolute atomic E-state index is 5.59. The van der Waals surface area contributed by atoms with Gasteiger partial charge in [0.05, 0.1) is 12.8 Å². The van der Waals surface area contributed by atoms with Gasteiger partial charge in [-0.05, 0) is 62.0 Å². The Hall–Kier alpha value is -1.81. The van der Waals surface area contributed by atoms with Crippen LogP contribution >= 0.6 is 0 Å². The standard InChI is InChI=1S/C22H30N2O2.C2H6/c1-15-7-17-8-16(2)12-22(11-15,13-17)23-14-19-10-21(26-24-19)18-5-4-6-20(9-18)25-3;1-2/h4-6,9-10,15-17,23H,7-8,11-14H2,1-3H3;1-2H3. The van der Waals surface area contributed by atoms with Gasteiger partial charge in [0.15, 0.2) is 5.76 Å². The second kappa shape index (κ2) is 9.13. The van der Waals surface area contributed by atoms with Crippen LogP contribution in [0.15, 0.2) is 34.9 Å². The summed E-state index contributed by atoms with van der Waals surface area (Å²) in [5.74, 6) is 4.15. The van der Waals surface area contributed by atoms with Gasteiger partial charge in [0.25, 0.3) is 0 Å². The van der Waals surface area contributed by atoms with Crippen molar-refractivity contribution in [1.29, 1.82) is 0 Å². The Labute approximate surface area is 170 Å². The first-order valence-electron chi connectivity index (χ1n) is 10.9. The van der Waals surface area contributed by atoms with Gasteiger partial charge >= 0.3 is 0 Å². The molecule has 2 aliphatic carbocycles. The predicted molar refractivity (Wildman–Crippen MR) is 114 cm³/mol. The van der Waals surface area contributed by atoms with Crippen LogP contribution in [0.4, 0.5) is 0 Å². The number of nitrogens with zero attached hydrogens (tertiary/aromatic N) is 1. The molecule has 154 valence electrons. The predicted octanol–water partition coefficient (Wildman–Crippen LogP) is 6.07. The van der Waals surface area contributed by atoms with Crippen LogP contribution in [-0.2, 0) is 6.54 Å². The van der Waals surface area contributed by atoms with Crippen molar-refractivity contribution >= 4 is 0 Å². The van der Waals surface area contributed by atoms with E-state index in [1.54, 1.807) is 7.11 Å². The number of nitrogens with one attached hydrogen (secondary N) is 1. The lowest BCUT2D eigenvalue weighted by Gasteiger charge is -2.50. The van der Waals surface area contributed by atoms with Gasteiger partial charge in [-0.3, -0.25) is 0 Å². The first kappa shape index (κ1) is 20.9. The zero-order valence-electron chi connectivity index (χ0n) is 18.1. The second-order valence-corrected chi connectivity index (χ2v) is 8.71. The molecular weight excluding hydrogens is 348 g/mol. The van der Waals surface area contributed by atoms with E-state index < -0.39 is 0 Å². The summed E-state index contributed by atoms with van der Waals surface area (Å²) in [7, 11) is 1.68. The molecule has 0 aliphatic heterocycles. The minimum Gasteiger partial charge on any atom is -0.497 e. The average Bonchev–Trinajstić information content (AvgIpc) is 3.16. The van der Waals surface area contributed by atoms with Crippen molar-refractivity contribution in [2.24, 2.45) is 17.8 Å². The first-order chi connectivity index (χ1) is 13.5. The minimum atomic E-state index is 0.287. The SMILES string of the molecule is CC.COc1cccc(-c2cc(CNC34CC(C)CC(CC(C)C3)C4)no2)c1. The summed E-state index contributed by atoms with van der Waals surface area (Å²) in [5, 5.41) is 8.18. The van der Waals surface area contributed by atoms with Crippen LogP contribution in [0, 0.1) is 17.8 Å². The molecule has 2 aromatic rings. The van der Waals surface area contributed by atoms with Gasteiger partial charge in [0, 0.05) is 23.7 Å². The Bertz CT molecular complexity index is 735. The van der Waals surface area contributed by atoms with E-state index >= 15 is 0 Å². The molecule has 28 heavy (non-hydrogen) atoms. The number of rotatable bonds is 5. The number of aromatic nitrogens is 1. The summed E-state index contributed by atoms with van der Waals surface area (Å²) in [5.41, 5.74) is 2.26. The van der Waals surface area contributed by atoms with E-state index in [1.165, 1.54) is 32.1 Å². The van der Waals surface area contributed by atoms with Crippen molar-refractivity contribution < 1.29 is 9.26 Å². The van der Waals surface area contributed by atoms with Crippen LogP contribution in [0.25, 0.3) is 11.3 Å². The fourth-order valence-electron chi connectivity index (χ4n) is 5.51. The number of fused-ring (bicyclic) bond motifs is 2. The molecule has 2 aliphatic rings. The molecule has 4 heteroatoms. The van der Waals surface area contributed by atoms with E-state index in [0.29, 0.717) is 0 Å². The van der Waals surface area contributed by atoms with Crippen LogP contribution in [0.5, 0.6) is 5.75 Å². The Morgan fingerprint density at radius 3 is 2.50 bits per heavy atom. The topological polar surface area (TPSA) is 47.3 Å². The summed E-state index contributed by atoms with van der Waals surface area (Å²) < 4.78 is 10.9. The molecule has 0 spiro atoms. The molecule has 1 N–H and O–H groups in total. The van der Waals surface area contributed by atoms with Crippen molar-refractivity contribution in [3.05, 3.63) is 36.0 Å². The van der Waals surface area contributed by atoms with Crippen LogP contribution in [0.3, 0.4) is 0 Å². The van der Waals surface area contributed by atoms with E-state index in [2.05, 4.69) is 30.4 Å². The van der Waals surface area contributed by atoms with Crippen molar-refractivity contribution in [2.75, 3.05) is 7.11 Å². The van der Waals surface area contributed by atoms with E-state index in [4.69, 9.17) is 9.26 Å². The fourth-order valence-corrected chi connectivity index (χ4v) is 5.51. The van der Waals surface area contributed by atoms with E-state index in [9.17, 15) is 0 Å². The number of ether oxygens (including phenoxy) is 1. The molecule has 0 amide bonds. The molecule has 0 radical (unpaired) electrons. The normalized spacial score (nSPS) is 29.0. The third-order valence-electron chi connectivity index (χ3n) is 6.19. The number of methoxy groups -OCH3 is 1. The summed E-state index contributed by atoms with van der Waals surface area (Å²) in [6.07, 6.45) is 6.70. The number of hydrogen-bond acceptors (Lipinski definition) is 4. The molecule has 4 nitrogen and oxygen atoms in total. The largest absolute Gasteiger partial charge is 0.497 e. The summed E-state index contributed by atoms with van der Waals surface area (Å²) in [6.45, 7) is 9.60. The van der Waals surface area contributed by atoms with Gasteiger partial charge in [-0.2, -0.15) is 0 Å². The lowest BCUT2D eigenvalue weighted by molar-refractivity contribution is 0.0538. The number of benzene rings is 1. The third-order valence-corrected chi connectivity index (χ3v) is 6.19. The molecule has 2 fully saturated rings. The quantitative estimate of drug-likeness (QED) is 0.679. The van der Waals surface area contributed by atoms with Gasteiger partial charge in [-0.1, -0.05) is 45.0 Å². The smallest absolute Gasteiger partial charge is 0.167 e. The summed E-state index contributed by atoms with van der Waals surface area (Å²) in [4.78, 5) is 0. The molecule has 2 saturated carbocycles. The molecular formula is C24H36N2O2. The van der Waals surface area contributed by atoms with Crippen molar-refractivity contribution in [1.82, 2.24) is 10.5 Å². The Morgan fingerprint density at radius 1 is 1.11 bits per heavy atom. The third kappa shape index (κ3) is 4.78. The monoisotopic (exact) mass is 384 g/mol. The molecule has 1 heterocycles. The molecule has 2 bridgehead atoms. The van der Waals surface area contributed by atoms with Gasteiger partial charge in [0.1, 0.15) is 5.75 Å². The minimum absolute atomic E-state index is 0.287. The van der Waals surface area contributed by atoms with E-state index in [1.807, 2.05) is 38.1 Å². The average molecular weight is 385 g/mol. The van der Waals surface area contributed by atoms with Crippen molar-refractivity contribution in [3.8, 4) is 17.1 Å². The summed E-state index contributed by atoms with van der Waals surface area (Å²) >= 11 is 0. The van der Waals surface area contributed by atoms with Crippen LogP contribution < -0.4 is 10.1 Å². The molecule has 2 unspecified atom stereocenters. The van der Waals surface area contributed by atoms with Gasteiger partial charge in [-0.25, -0.2) is 0 Å². The maximum atomic E-state index is 5.59. The molecule has 4 rings (SSSR count). The number of hydrogen-bond donors (Lipinski definition) is 1. The lowest BCUT2D eigenvalue weighted by atomic mass is 9.61. The van der Waals surface area contributed by atoms with Crippen LogP contribution in [0.2, 0.25) is 0 Å². The Balaban J connectivity index is 0.00000109. The van der Waals surface area contributed by atoms with E-state index in [-0.39, 0.29) is 5.54 Å². The highest BCUT2D eigenvalue weighted by molar-refractivity contribution is 5.59. The van der Waals surface area contributed by atoms with Crippen LogP contribution in [0.1, 0.15) is 65.5 Å².